The summed E-state index contributed by atoms with van der Waals surface area (Å²) in [5, 5.41) is 14.9. The first-order chi connectivity index (χ1) is 9.47. The molecule has 2 amide bonds. The van der Waals surface area contributed by atoms with E-state index in [1.807, 2.05) is 0 Å². The molecular weight excluding hydrogens is 266 g/mol. The summed E-state index contributed by atoms with van der Waals surface area (Å²) in [5.41, 5.74) is 4.99. The van der Waals surface area contributed by atoms with Gasteiger partial charge < -0.3 is 20.7 Å². The summed E-state index contributed by atoms with van der Waals surface area (Å²) in [6.45, 7) is 0. The molecule has 1 aliphatic carbocycles. The van der Waals surface area contributed by atoms with Crippen LogP contribution < -0.4 is 11.1 Å². The van der Waals surface area contributed by atoms with Gasteiger partial charge in [-0.3, -0.25) is 9.59 Å². The highest BCUT2D eigenvalue weighted by molar-refractivity contribution is 5.95. The van der Waals surface area contributed by atoms with Gasteiger partial charge >= 0.3 is 5.97 Å². The molecule has 8 heteroatoms. The molecule has 0 spiro atoms. The molecule has 0 unspecified atom stereocenters. The van der Waals surface area contributed by atoms with Crippen LogP contribution in [0.3, 0.4) is 0 Å². The zero-order valence-electron chi connectivity index (χ0n) is 10.7. The van der Waals surface area contributed by atoms with Crippen molar-refractivity contribution >= 4 is 17.8 Å². The van der Waals surface area contributed by atoms with Gasteiger partial charge in [-0.25, -0.2) is 4.79 Å². The van der Waals surface area contributed by atoms with Crippen LogP contribution in [-0.2, 0) is 9.59 Å². The van der Waals surface area contributed by atoms with Crippen LogP contribution in [0.1, 0.15) is 47.8 Å². The topological polar surface area (TPSA) is 136 Å². The maximum atomic E-state index is 11.8. The van der Waals surface area contributed by atoms with E-state index in [0.717, 1.165) is 12.8 Å². The standard InChI is InChI=1S/C12H15N3O5/c13-10(16)4-3-7(12(18)19)14-11(17)8-5-9(20-15-8)6-1-2-6/h5-7H,1-4H2,(H2,13,16)(H,14,17)(H,18,19)/t7-/m1/s1. The molecule has 0 bridgehead atoms. The number of carbonyl (C=O) groups excluding carboxylic acids is 2. The lowest BCUT2D eigenvalue weighted by Crippen LogP contribution is -2.41. The molecular formula is C12H15N3O5. The number of aromatic nitrogens is 1. The fourth-order valence-corrected chi connectivity index (χ4v) is 1.73. The molecule has 4 N–H and O–H groups in total. The average molecular weight is 281 g/mol. The lowest BCUT2D eigenvalue weighted by Gasteiger charge is -2.12. The van der Waals surface area contributed by atoms with E-state index in [9.17, 15) is 14.4 Å². The molecule has 1 aromatic heterocycles. The second kappa shape index (κ2) is 5.72. The molecule has 1 aromatic rings. The van der Waals surface area contributed by atoms with Crippen LogP contribution in [0.4, 0.5) is 0 Å². The number of amides is 2. The predicted octanol–water partition coefficient (Wildman–Crippen LogP) is 0.000500. The number of aliphatic carboxylic acids is 1. The molecule has 0 radical (unpaired) electrons. The number of carboxylic acid groups (broad SMARTS) is 1. The third-order valence-electron chi connectivity index (χ3n) is 3.02. The van der Waals surface area contributed by atoms with Crippen LogP contribution in [0, 0.1) is 0 Å². The Morgan fingerprint density at radius 3 is 2.75 bits per heavy atom. The Bertz CT molecular complexity index is 535. The molecule has 1 fully saturated rings. The Balaban J connectivity index is 1.95. The molecule has 1 heterocycles. The zero-order valence-corrected chi connectivity index (χ0v) is 10.7. The van der Waals surface area contributed by atoms with Gasteiger partial charge in [0.05, 0.1) is 0 Å². The molecule has 0 aromatic carbocycles. The Labute approximate surface area is 114 Å². The van der Waals surface area contributed by atoms with Gasteiger partial charge in [-0.15, -0.1) is 0 Å². The van der Waals surface area contributed by atoms with E-state index in [1.165, 1.54) is 6.07 Å². The van der Waals surface area contributed by atoms with Gasteiger partial charge in [0.1, 0.15) is 11.8 Å². The van der Waals surface area contributed by atoms with Gasteiger partial charge in [0, 0.05) is 18.4 Å². The first-order valence-electron chi connectivity index (χ1n) is 6.26. The van der Waals surface area contributed by atoms with Crippen LogP contribution in [0.2, 0.25) is 0 Å². The SMILES string of the molecule is NC(=O)CC[C@@H](NC(=O)c1cc(C2CC2)on1)C(=O)O. The number of nitrogens with one attached hydrogen (secondary N) is 1. The smallest absolute Gasteiger partial charge is 0.326 e. The fraction of sp³-hybridized carbons (Fsp3) is 0.500. The van der Waals surface area contributed by atoms with Gasteiger partial charge in [0.2, 0.25) is 5.91 Å². The van der Waals surface area contributed by atoms with Crippen LogP contribution in [-0.4, -0.2) is 34.1 Å². The summed E-state index contributed by atoms with van der Waals surface area (Å²) in [5.74, 6) is -1.54. The van der Waals surface area contributed by atoms with Crippen LogP contribution >= 0.6 is 0 Å². The van der Waals surface area contributed by atoms with Crippen molar-refractivity contribution < 1.29 is 24.0 Å². The van der Waals surface area contributed by atoms with E-state index in [2.05, 4.69) is 10.5 Å². The Kier molecular flexibility index (Phi) is 4.02. The van der Waals surface area contributed by atoms with Gasteiger partial charge in [0.25, 0.3) is 5.91 Å². The number of carboxylic acids is 1. The quantitative estimate of drug-likeness (QED) is 0.643. The van der Waals surface area contributed by atoms with Crippen molar-refractivity contribution in [2.24, 2.45) is 5.73 Å². The van der Waals surface area contributed by atoms with Crippen molar-refractivity contribution in [3.63, 3.8) is 0 Å². The number of nitrogens with two attached hydrogens (primary N) is 1. The monoisotopic (exact) mass is 281 g/mol. The van der Waals surface area contributed by atoms with Crippen LogP contribution in [0.5, 0.6) is 0 Å². The summed E-state index contributed by atoms with van der Waals surface area (Å²) in [6, 6.07) is 0.330. The van der Waals surface area contributed by atoms with Crippen LogP contribution in [0.25, 0.3) is 0 Å². The third kappa shape index (κ3) is 3.56. The van der Waals surface area contributed by atoms with Crippen molar-refractivity contribution in [2.45, 2.75) is 37.6 Å². The molecule has 1 saturated carbocycles. The summed E-state index contributed by atoms with van der Waals surface area (Å²) in [6.07, 6.45) is 1.83. The first kappa shape index (κ1) is 14.0. The second-order valence-corrected chi connectivity index (χ2v) is 4.76. The summed E-state index contributed by atoms with van der Waals surface area (Å²) in [4.78, 5) is 33.5. The lowest BCUT2D eigenvalue weighted by atomic mass is 10.1. The highest BCUT2D eigenvalue weighted by Gasteiger charge is 2.29. The minimum absolute atomic E-state index is 0.0391. The highest BCUT2D eigenvalue weighted by Crippen LogP contribution is 2.40. The Hall–Kier alpha value is -2.38. The molecule has 8 nitrogen and oxygen atoms in total. The predicted molar refractivity (Wildman–Crippen MR) is 65.8 cm³/mol. The molecule has 20 heavy (non-hydrogen) atoms. The normalized spacial score (nSPS) is 15.6. The second-order valence-electron chi connectivity index (χ2n) is 4.76. The zero-order chi connectivity index (χ0) is 14.7. The lowest BCUT2D eigenvalue weighted by molar-refractivity contribution is -0.139. The van der Waals surface area contributed by atoms with Crippen molar-refractivity contribution in [3.8, 4) is 0 Å². The number of rotatable bonds is 7. The molecule has 0 saturated heterocycles. The minimum Gasteiger partial charge on any atom is -0.480 e. The van der Waals surface area contributed by atoms with E-state index in [-0.39, 0.29) is 18.5 Å². The van der Waals surface area contributed by atoms with Crippen molar-refractivity contribution in [3.05, 3.63) is 17.5 Å². The number of carbonyl (C=O) groups is 3. The van der Waals surface area contributed by atoms with E-state index < -0.39 is 23.8 Å². The maximum Gasteiger partial charge on any atom is 0.326 e. The highest BCUT2D eigenvalue weighted by atomic mass is 16.5. The van der Waals surface area contributed by atoms with Crippen molar-refractivity contribution in [2.75, 3.05) is 0 Å². The molecule has 1 atom stereocenters. The Morgan fingerprint density at radius 1 is 1.50 bits per heavy atom. The average Bonchev–Trinajstić information content (AvgIpc) is 3.11. The summed E-state index contributed by atoms with van der Waals surface area (Å²) in [7, 11) is 0. The molecule has 0 aliphatic heterocycles. The Morgan fingerprint density at radius 2 is 2.20 bits per heavy atom. The van der Waals surface area contributed by atoms with Crippen molar-refractivity contribution in [1.29, 1.82) is 0 Å². The molecule has 1 aliphatic rings. The van der Waals surface area contributed by atoms with E-state index in [1.54, 1.807) is 0 Å². The summed E-state index contributed by atoms with van der Waals surface area (Å²) >= 11 is 0. The third-order valence-corrected chi connectivity index (χ3v) is 3.02. The van der Waals surface area contributed by atoms with E-state index in [4.69, 9.17) is 15.4 Å². The van der Waals surface area contributed by atoms with Gasteiger partial charge in [-0.05, 0) is 19.3 Å². The number of hydrogen-bond acceptors (Lipinski definition) is 5. The molecule has 2 rings (SSSR count). The van der Waals surface area contributed by atoms with Gasteiger partial charge in [0.15, 0.2) is 5.69 Å². The fourth-order valence-electron chi connectivity index (χ4n) is 1.73. The number of nitrogens with zero attached hydrogens (tertiary/aromatic N) is 1. The van der Waals surface area contributed by atoms with Gasteiger partial charge in [-0.1, -0.05) is 5.16 Å². The number of hydrogen-bond donors (Lipinski definition) is 3. The summed E-state index contributed by atoms with van der Waals surface area (Å²) < 4.78 is 5.02. The van der Waals surface area contributed by atoms with Crippen molar-refractivity contribution in [1.82, 2.24) is 10.5 Å². The van der Waals surface area contributed by atoms with E-state index in [0.29, 0.717) is 11.7 Å². The van der Waals surface area contributed by atoms with E-state index >= 15 is 0 Å². The van der Waals surface area contributed by atoms with Crippen LogP contribution in [0.15, 0.2) is 10.6 Å². The largest absolute Gasteiger partial charge is 0.480 e. The first-order valence-corrected chi connectivity index (χ1v) is 6.26. The van der Waals surface area contributed by atoms with Gasteiger partial charge in [-0.2, -0.15) is 0 Å². The minimum atomic E-state index is -1.23. The molecule has 108 valence electrons. The number of primary amides is 1. The maximum absolute atomic E-state index is 11.8.